The van der Waals surface area contributed by atoms with Crippen molar-refractivity contribution in [3.8, 4) is 23.0 Å². The molecule has 0 aliphatic rings. The van der Waals surface area contributed by atoms with E-state index in [1.54, 1.807) is 43.3 Å². The first-order valence-corrected chi connectivity index (χ1v) is 14.6. The van der Waals surface area contributed by atoms with Crippen molar-refractivity contribution in [2.45, 2.75) is 83.6 Å². The molecule has 41 heavy (non-hydrogen) atoms. The predicted octanol–water partition coefficient (Wildman–Crippen LogP) is 6.40. The van der Waals surface area contributed by atoms with Gasteiger partial charge in [-0.05, 0) is 29.3 Å². The fourth-order valence-corrected chi connectivity index (χ4v) is 4.74. The summed E-state index contributed by atoms with van der Waals surface area (Å²) in [6, 6.07) is 10.6. The molecule has 3 rings (SSSR count). The van der Waals surface area contributed by atoms with Crippen molar-refractivity contribution in [1.29, 1.82) is 0 Å². The highest BCUT2D eigenvalue weighted by Gasteiger charge is 2.29. The Morgan fingerprint density at radius 3 is 1.88 bits per heavy atom. The van der Waals surface area contributed by atoms with Crippen molar-refractivity contribution < 1.29 is 23.7 Å². The van der Waals surface area contributed by atoms with Gasteiger partial charge in [-0.1, -0.05) is 76.8 Å². The Morgan fingerprint density at radius 1 is 0.780 bits per heavy atom. The number of aryl methyl sites for hydroxylation is 1. The minimum absolute atomic E-state index is 0.311. The molecule has 0 radical (unpaired) electrons. The number of carbonyl (C=O) groups excluding carboxylic acids is 1. The fraction of sp³-hybridized carbons (Fsp3) is 0.548. The minimum Gasteiger partial charge on any atom is -0.497 e. The maximum Gasteiger partial charge on any atom is 0.240 e. The SMILES string of the molecule is CCCCCCCCCCCCn1nnc([C@H](C(=O)Nc2c(OC)cc(OC)cc2OC)c2ccc(OC)cc2)n1. The maximum absolute atomic E-state index is 13.8. The lowest BCUT2D eigenvalue weighted by Crippen LogP contribution is -2.24. The summed E-state index contributed by atoms with van der Waals surface area (Å²) in [4.78, 5) is 15.4. The number of amides is 1. The number of methoxy groups -OCH3 is 4. The molecule has 0 spiro atoms. The molecule has 0 saturated carbocycles. The third-order valence-electron chi connectivity index (χ3n) is 7.11. The van der Waals surface area contributed by atoms with Crippen molar-refractivity contribution in [1.82, 2.24) is 20.2 Å². The topological polar surface area (TPSA) is 110 Å². The van der Waals surface area contributed by atoms with Gasteiger partial charge >= 0.3 is 0 Å². The van der Waals surface area contributed by atoms with E-state index in [4.69, 9.17) is 18.9 Å². The molecular weight excluding hydrogens is 522 g/mol. The largest absolute Gasteiger partial charge is 0.497 e. The van der Waals surface area contributed by atoms with Gasteiger partial charge < -0.3 is 24.3 Å². The normalized spacial score (nSPS) is 11.6. The molecule has 224 valence electrons. The lowest BCUT2D eigenvalue weighted by molar-refractivity contribution is -0.116. The monoisotopic (exact) mass is 567 g/mol. The van der Waals surface area contributed by atoms with Crippen LogP contribution in [0.5, 0.6) is 23.0 Å². The number of hydrogen-bond donors (Lipinski definition) is 1. The number of unbranched alkanes of at least 4 members (excludes halogenated alkanes) is 9. The Kier molecular flexibility index (Phi) is 13.2. The first kappa shape index (κ1) is 31.7. The highest BCUT2D eigenvalue weighted by atomic mass is 16.5. The molecule has 3 aromatic rings. The third-order valence-corrected chi connectivity index (χ3v) is 7.11. The number of carbonyl (C=O) groups is 1. The molecule has 10 heteroatoms. The third kappa shape index (κ3) is 9.37. The average Bonchev–Trinajstić information content (AvgIpc) is 3.46. The van der Waals surface area contributed by atoms with Gasteiger partial charge in [-0.2, -0.15) is 4.80 Å². The highest BCUT2D eigenvalue weighted by Crippen LogP contribution is 2.40. The van der Waals surface area contributed by atoms with Crippen molar-refractivity contribution in [2.75, 3.05) is 33.8 Å². The summed E-state index contributed by atoms with van der Waals surface area (Å²) >= 11 is 0. The van der Waals surface area contributed by atoms with Crippen molar-refractivity contribution >= 4 is 11.6 Å². The molecular formula is C31H45N5O5. The van der Waals surface area contributed by atoms with Crippen molar-refractivity contribution in [2.24, 2.45) is 0 Å². The lowest BCUT2D eigenvalue weighted by Gasteiger charge is -2.19. The smallest absolute Gasteiger partial charge is 0.240 e. The summed E-state index contributed by atoms with van der Waals surface area (Å²) in [5, 5.41) is 16.1. The highest BCUT2D eigenvalue weighted by molar-refractivity contribution is 6.00. The van der Waals surface area contributed by atoms with E-state index in [9.17, 15) is 4.79 Å². The number of anilines is 1. The van der Waals surface area contributed by atoms with E-state index in [-0.39, 0.29) is 5.91 Å². The van der Waals surface area contributed by atoms with Gasteiger partial charge in [0.05, 0.1) is 35.0 Å². The van der Waals surface area contributed by atoms with Gasteiger partial charge in [0.2, 0.25) is 5.91 Å². The first-order valence-electron chi connectivity index (χ1n) is 14.6. The maximum atomic E-state index is 13.8. The molecule has 0 unspecified atom stereocenters. The predicted molar refractivity (Wildman–Crippen MR) is 159 cm³/mol. The van der Waals surface area contributed by atoms with Crippen LogP contribution in [0, 0.1) is 0 Å². The Balaban J connectivity index is 1.70. The van der Waals surface area contributed by atoms with Gasteiger partial charge in [0.25, 0.3) is 0 Å². The second kappa shape index (κ2) is 17.1. The zero-order valence-corrected chi connectivity index (χ0v) is 25.1. The summed E-state index contributed by atoms with van der Waals surface area (Å²) in [7, 11) is 6.19. The van der Waals surface area contributed by atoms with Gasteiger partial charge in [0, 0.05) is 12.1 Å². The zero-order valence-electron chi connectivity index (χ0n) is 25.1. The molecule has 0 aliphatic carbocycles. The van der Waals surface area contributed by atoms with Crippen LogP contribution < -0.4 is 24.3 Å². The molecule has 0 fully saturated rings. The molecule has 1 aromatic heterocycles. The number of benzene rings is 2. The van der Waals surface area contributed by atoms with Crippen LogP contribution in [0.1, 0.15) is 88.4 Å². The van der Waals surface area contributed by atoms with Crippen LogP contribution in [0.4, 0.5) is 5.69 Å². The number of nitrogens with one attached hydrogen (secondary N) is 1. The first-order chi connectivity index (χ1) is 20.0. The minimum atomic E-state index is -0.820. The standard InChI is InChI=1S/C31H45N5O5/c1-6-7-8-9-10-11-12-13-14-15-20-36-34-30(33-35-36)28(23-16-18-24(38-2)19-17-23)31(37)32-29-26(40-4)21-25(39-3)22-27(29)41-5/h16-19,21-22,28H,6-15,20H2,1-5H3,(H,32,37)/t28-/m1/s1. The van der Waals surface area contributed by atoms with E-state index in [1.165, 1.54) is 65.6 Å². The molecule has 0 aliphatic heterocycles. The van der Waals surface area contributed by atoms with E-state index in [0.29, 0.717) is 46.6 Å². The summed E-state index contributed by atoms with van der Waals surface area (Å²) in [5.74, 6) is 1.17. The van der Waals surface area contributed by atoms with Crippen LogP contribution in [0.2, 0.25) is 0 Å². The number of nitrogens with zero attached hydrogens (tertiary/aromatic N) is 4. The molecule has 10 nitrogen and oxygen atoms in total. The molecule has 1 heterocycles. The molecule has 1 amide bonds. The molecule has 1 N–H and O–H groups in total. The van der Waals surface area contributed by atoms with E-state index in [1.807, 2.05) is 12.1 Å². The van der Waals surface area contributed by atoms with Gasteiger partial charge in [0.15, 0.2) is 5.82 Å². The van der Waals surface area contributed by atoms with Crippen LogP contribution in [0.3, 0.4) is 0 Å². The van der Waals surface area contributed by atoms with Crippen LogP contribution in [0.25, 0.3) is 0 Å². The van der Waals surface area contributed by atoms with Gasteiger partial charge in [-0.25, -0.2) is 0 Å². The number of tetrazole rings is 1. The number of aromatic nitrogens is 4. The molecule has 2 aromatic carbocycles. The Bertz CT molecular complexity index is 1170. The van der Waals surface area contributed by atoms with E-state index < -0.39 is 5.92 Å². The van der Waals surface area contributed by atoms with E-state index in [2.05, 4.69) is 27.7 Å². The van der Waals surface area contributed by atoms with Gasteiger partial charge in [-0.15, -0.1) is 10.2 Å². The summed E-state index contributed by atoms with van der Waals surface area (Å²) < 4.78 is 21.7. The molecule has 0 saturated heterocycles. The summed E-state index contributed by atoms with van der Waals surface area (Å²) in [5.41, 5.74) is 1.09. The Hall–Kier alpha value is -3.82. The number of ether oxygens (including phenoxy) is 4. The quantitative estimate of drug-likeness (QED) is 0.166. The summed E-state index contributed by atoms with van der Waals surface area (Å²) in [6.07, 6.45) is 12.5. The zero-order chi connectivity index (χ0) is 29.5. The van der Waals surface area contributed by atoms with E-state index in [0.717, 1.165) is 12.8 Å². The lowest BCUT2D eigenvalue weighted by atomic mass is 9.97. The van der Waals surface area contributed by atoms with Crippen molar-refractivity contribution in [3.05, 3.63) is 47.8 Å². The Morgan fingerprint density at radius 2 is 1.34 bits per heavy atom. The number of rotatable bonds is 19. The van der Waals surface area contributed by atoms with Gasteiger partial charge in [-0.3, -0.25) is 4.79 Å². The van der Waals surface area contributed by atoms with Crippen LogP contribution in [-0.2, 0) is 11.3 Å². The second-order valence-corrected chi connectivity index (χ2v) is 10.0. The van der Waals surface area contributed by atoms with Crippen molar-refractivity contribution in [3.63, 3.8) is 0 Å². The number of hydrogen-bond acceptors (Lipinski definition) is 8. The van der Waals surface area contributed by atoms with E-state index >= 15 is 0 Å². The molecule has 1 atom stereocenters. The van der Waals surface area contributed by atoms with Crippen LogP contribution in [-0.4, -0.2) is 54.6 Å². The van der Waals surface area contributed by atoms with Crippen LogP contribution in [0.15, 0.2) is 36.4 Å². The average molecular weight is 568 g/mol. The van der Waals surface area contributed by atoms with Gasteiger partial charge in [0.1, 0.15) is 34.6 Å². The Labute approximate surface area is 243 Å². The fourth-order valence-electron chi connectivity index (χ4n) is 4.74. The second-order valence-electron chi connectivity index (χ2n) is 10.0. The van der Waals surface area contributed by atoms with Crippen LogP contribution >= 0.6 is 0 Å². The molecule has 0 bridgehead atoms. The summed E-state index contributed by atoms with van der Waals surface area (Å²) in [6.45, 7) is 2.90.